The Morgan fingerprint density at radius 2 is 1.94 bits per heavy atom. The third-order valence-electron chi connectivity index (χ3n) is 6.02. The summed E-state index contributed by atoms with van der Waals surface area (Å²) >= 11 is 0. The van der Waals surface area contributed by atoms with Crippen molar-refractivity contribution in [2.24, 2.45) is 0 Å². The number of amides is 2. The Bertz CT molecular complexity index is 1240. The average molecular weight is 468 g/mol. The van der Waals surface area contributed by atoms with E-state index in [-0.39, 0.29) is 34.8 Å². The molecule has 0 aliphatic carbocycles. The van der Waals surface area contributed by atoms with Crippen LogP contribution in [0.15, 0.2) is 36.5 Å². The maximum atomic E-state index is 13.5. The summed E-state index contributed by atoms with van der Waals surface area (Å²) in [6, 6.07) is 7.86. The van der Waals surface area contributed by atoms with Gasteiger partial charge in [0.1, 0.15) is 17.0 Å². The van der Waals surface area contributed by atoms with Gasteiger partial charge < -0.3 is 19.9 Å². The Labute approximate surface area is 195 Å². The predicted octanol–water partition coefficient (Wildman–Crippen LogP) is 1.99. The topological polar surface area (TPSA) is 108 Å². The summed E-state index contributed by atoms with van der Waals surface area (Å²) in [5, 5.41) is 2.69. The number of ketones is 1. The number of hydrogen-bond acceptors (Lipinski definition) is 6. The Morgan fingerprint density at radius 3 is 2.59 bits per heavy atom. The quantitative estimate of drug-likeness (QED) is 0.424. The van der Waals surface area contributed by atoms with Crippen LogP contribution in [0, 0.1) is 5.82 Å². The molecule has 3 aromatic rings. The minimum atomic E-state index is -0.754. The summed E-state index contributed by atoms with van der Waals surface area (Å²) in [7, 11) is 2.80. The number of rotatable bonds is 6. The van der Waals surface area contributed by atoms with Gasteiger partial charge in [-0.1, -0.05) is 12.1 Å². The molecular weight excluding hydrogens is 441 g/mol. The maximum Gasteiger partial charge on any atom is 0.292 e. The van der Waals surface area contributed by atoms with Crippen molar-refractivity contribution in [2.75, 3.05) is 33.8 Å². The lowest BCUT2D eigenvalue weighted by Gasteiger charge is -2.40. The lowest BCUT2D eigenvalue weighted by atomic mass is 10.1. The first-order chi connectivity index (χ1) is 16.3. The van der Waals surface area contributed by atoms with E-state index in [4.69, 9.17) is 4.74 Å². The number of carbonyl (C=O) groups excluding carboxylic acids is 3. The Morgan fingerprint density at radius 1 is 1.21 bits per heavy atom. The fourth-order valence-electron chi connectivity index (χ4n) is 4.24. The lowest BCUT2D eigenvalue weighted by molar-refractivity contribution is -0.116. The van der Waals surface area contributed by atoms with Gasteiger partial charge in [0.05, 0.1) is 12.7 Å². The molecule has 0 spiro atoms. The molecule has 0 saturated carbocycles. The normalized spacial score (nSPS) is 16.5. The molecule has 0 radical (unpaired) electrons. The number of methoxy groups -OCH3 is 1. The first-order valence-electron chi connectivity index (χ1n) is 10.9. The van der Waals surface area contributed by atoms with Crippen molar-refractivity contribution in [2.45, 2.75) is 19.5 Å². The third-order valence-corrected chi connectivity index (χ3v) is 6.02. The van der Waals surface area contributed by atoms with Crippen molar-refractivity contribution >= 4 is 28.6 Å². The molecule has 2 amide bonds. The van der Waals surface area contributed by atoms with Gasteiger partial charge in [0, 0.05) is 50.9 Å². The van der Waals surface area contributed by atoms with Crippen molar-refractivity contribution < 1.29 is 23.5 Å². The zero-order valence-electron chi connectivity index (χ0n) is 19.2. The second-order valence-corrected chi connectivity index (χ2v) is 8.26. The molecule has 0 bridgehead atoms. The minimum Gasteiger partial charge on any atom is -0.480 e. The van der Waals surface area contributed by atoms with Gasteiger partial charge in [-0.05, 0) is 30.7 Å². The highest BCUT2D eigenvalue weighted by molar-refractivity contribution is 6.44. The fraction of sp³-hybridized carbons (Fsp3) is 0.333. The molecule has 1 saturated heterocycles. The van der Waals surface area contributed by atoms with Crippen molar-refractivity contribution in [3.05, 3.63) is 59.0 Å². The summed E-state index contributed by atoms with van der Waals surface area (Å²) in [4.78, 5) is 49.0. The van der Waals surface area contributed by atoms with Crippen molar-refractivity contribution in [3.8, 4) is 5.88 Å². The zero-order chi connectivity index (χ0) is 24.4. The SMILES string of the molecule is CNC(=O)C(=O)c1c[nH]c2nc(OC)c(C(=O)N3CCN(Cc4ccc(F)cc4)CC3C)cc12. The van der Waals surface area contributed by atoms with Crippen LogP contribution in [0.3, 0.4) is 0 Å². The van der Waals surface area contributed by atoms with E-state index in [2.05, 4.69) is 20.2 Å². The van der Waals surface area contributed by atoms with Gasteiger partial charge in [0.25, 0.3) is 17.6 Å². The summed E-state index contributed by atoms with van der Waals surface area (Å²) in [5.41, 5.74) is 1.71. The van der Waals surface area contributed by atoms with Crippen LogP contribution in [0.5, 0.6) is 5.88 Å². The van der Waals surface area contributed by atoms with Crippen LogP contribution in [0.25, 0.3) is 11.0 Å². The van der Waals surface area contributed by atoms with E-state index < -0.39 is 11.7 Å². The molecule has 1 fully saturated rings. The van der Waals surface area contributed by atoms with E-state index >= 15 is 0 Å². The molecular formula is C24H26FN5O4. The number of ether oxygens (including phenoxy) is 1. The molecule has 4 rings (SSSR count). The number of nitrogens with zero attached hydrogens (tertiary/aromatic N) is 3. The Kier molecular flexibility index (Phi) is 6.60. The van der Waals surface area contributed by atoms with Crippen molar-refractivity contribution in [1.29, 1.82) is 0 Å². The molecule has 2 N–H and O–H groups in total. The molecule has 2 aromatic heterocycles. The standard InChI is InChI=1S/C24H26FN5O4/c1-14-12-29(13-15-4-6-16(25)7-5-15)8-9-30(14)24(33)18-10-17-19(20(31)22(32)26-2)11-27-21(17)28-23(18)34-3/h4-7,10-11,14H,8-9,12-13H2,1-3H3,(H,26,32)(H,27,28). The number of piperazine rings is 1. The highest BCUT2D eigenvalue weighted by atomic mass is 19.1. The van der Waals surface area contributed by atoms with Gasteiger partial charge in [-0.3, -0.25) is 19.3 Å². The van der Waals surface area contributed by atoms with Crippen LogP contribution >= 0.6 is 0 Å². The number of aromatic amines is 1. The number of nitrogens with one attached hydrogen (secondary N) is 2. The van der Waals surface area contributed by atoms with E-state index in [9.17, 15) is 18.8 Å². The number of Topliss-reactive ketones (excluding diaryl/α,β-unsaturated/α-hetero) is 1. The molecule has 1 unspecified atom stereocenters. The van der Waals surface area contributed by atoms with E-state index in [1.165, 1.54) is 32.5 Å². The van der Waals surface area contributed by atoms with E-state index in [1.54, 1.807) is 23.1 Å². The van der Waals surface area contributed by atoms with Crippen LogP contribution < -0.4 is 10.1 Å². The zero-order valence-corrected chi connectivity index (χ0v) is 19.2. The number of hydrogen-bond donors (Lipinski definition) is 2. The number of halogens is 1. The Hall–Kier alpha value is -3.79. The summed E-state index contributed by atoms with van der Waals surface area (Å²) < 4.78 is 18.5. The van der Waals surface area contributed by atoms with Crippen LogP contribution in [0.4, 0.5) is 4.39 Å². The lowest BCUT2D eigenvalue weighted by Crippen LogP contribution is -2.53. The van der Waals surface area contributed by atoms with Gasteiger partial charge in [-0.15, -0.1) is 0 Å². The first-order valence-corrected chi connectivity index (χ1v) is 10.9. The number of pyridine rings is 1. The molecule has 10 heteroatoms. The van der Waals surface area contributed by atoms with Gasteiger partial charge in [0.15, 0.2) is 0 Å². The van der Waals surface area contributed by atoms with Gasteiger partial charge >= 0.3 is 0 Å². The average Bonchev–Trinajstić information content (AvgIpc) is 3.26. The molecule has 9 nitrogen and oxygen atoms in total. The van der Waals surface area contributed by atoms with Crippen LogP contribution in [-0.4, -0.2) is 77.2 Å². The smallest absolute Gasteiger partial charge is 0.292 e. The monoisotopic (exact) mass is 467 g/mol. The largest absolute Gasteiger partial charge is 0.480 e. The van der Waals surface area contributed by atoms with Gasteiger partial charge in [0.2, 0.25) is 5.88 Å². The number of H-pyrrole nitrogens is 1. The summed E-state index contributed by atoms with van der Waals surface area (Å²) in [6.45, 7) is 4.41. The molecule has 1 aliphatic heterocycles. The van der Waals surface area contributed by atoms with Gasteiger partial charge in [-0.25, -0.2) is 4.39 Å². The maximum absolute atomic E-state index is 13.5. The molecule has 1 atom stereocenters. The number of aromatic nitrogens is 2. The summed E-state index contributed by atoms with van der Waals surface area (Å²) in [6.07, 6.45) is 1.40. The number of benzene rings is 1. The molecule has 34 heavy (non-hydrogen) atoms. The number of fused-ring (bicyclic) bond motifs is 1. The number of likely N-dealkylation sites (N-methyl/N-ethyl adjacent to an activating group) is 1. The molecule has 3 heterocycles. The fourth-order valence-corrected chi connectivity index (χ4v) is 4.24. The van der Waals surface area contributed by atoms with E-state index in [1.807, 2.05) is 6.92 Å². The first kappa shape index (κ1) is 23.4. The minimum absolute atomic E-state index is 0.0969. The Balaban J connectivity index is 1.56. The predicted molar refractivity (Wildman–Crippen MR) is 123 cm³/mol. The molecule has 1 aromatic carbocycles. The highest BCUT2D eigenvalue weighted by Gasteiger charge is 2.31. The second-order valence-electron chi connectivity index (χ2n) is 8.26. The van der Waals surface area contributed by atoms with Gasteiger partial charge in [-0.2, -0.15) is 4.98 Å². The third kappa shape index (κ3) is 4.49. The highest BCUT2D eigenvalue weighted by Crippen LogP contribution is 2.27. The van der Waals surface area contributed by atoms with Crippen molar-refractivity contribution in [1.82, 2.24) is 25.1 Å². The van der Waals surface area contributed by atoms with E-state index in [0.717, 1.165) is 5.56 Å². The van der Waals surface area contributed by atoms with Crippen molar-refractivity contribution in [3.63, 3.8) is 0 Å². The number of carbonyl (C=O) groups is 3. The van der Waals surface area contributed by atoms with Crippen LogP contribution in [0.1, 0.15) is 33.2 Å². The van der Waals surface area contributed by atoms with E-state index in [0.29, 0.717) is 37.2 Å². The summed E-state index contributed by atoms with van der Waals surface area (Å²) in [5.74, 6) is -1.87. The molecule has 1 aliphatic rings. The molecule has 178 valence electrons. The second kappa shape index (κ2) is 9.60. The van der Waals surface area contributed by atoms with Crippen LogP contribution in [-0.2, 0) is 11.3 Å². The van der Waals surface area contributed by atoms with Crippen LogP contribution in [0.2, 0.25) is 0 Å².